The van der Waals surface area contributed by atoms with Gasteiger partial charge in [0.1, 0.15) is 18.0 Å². The normalized spacial score (nSPS) is 11.1. The van der Waals surface area contributed by atoms with Gasteiger partial charge in [0.2, 0.25) is 11.7 Å². The number of hydrogen-bond acceptors (Lipinski definition) is 5. The number of anilines is 1. The Hall–Kier alpha value is -4.30. The molecule has 1 amide bonds. The van der Waals surface area contributed by atoms with Crippen LogP contribution in [0.15, 0.2) is 77.6 Å². The number of carbonyl (C=O) groups is 1. The van der Waals surface area contributed by atoms with Crippen molar-refractivity contribution in [2.24, 2.45) is 0 Å². The van der Waals surface area contributed by atoms with E-state index in [1.54, 1.807) is 48.1 Å². The van der Waals surface area contributed by atoms with Crippen molar-refractivity contribution in [3.63, 3.8) is 0 Å². The zero-order chi connectivity index (χ0) is 24.5. The first-order valence-corrected chi connectivity index (χ1v) is 11.1. The molecule has 0 saturated carbocycles. The molecule has 176 valence electrons. The van der Waals surface area contributed by atoms with Crippen LogP contribution in [-0.2, 0) is 11.3 Å². The van der Waals surface area contributed by atoms with Crippen molar-refractivity contribution >= 4 is 40.0 Å². The zero-order valence-electron chi connectivity index (χ0n) is 19.0. The minimum absolute atomic E-state index is 0.0718. The molecule has 5 rings (SSSR count). The van der Waals surface area contributed by atoms with Gasteiger partial charge in [-0.05, 0) is 36.4 Å². The molecule has 2 aromatic heterocycles. The lowest BCUT2D eigenvalue weighted by Crippen LogP contribution is -2.21. The average Bonchev–Trinajstić information content (AvgIpc) is 3.18. The van der Waals surface area contributed by atoms with E-state index in [0.29, 0.717) is 50.3 Å². The van der Waals surface area contributed by atoms with Crippen molar-refractivity contribution in [2.45, 2.75) is 6.54 Å². The highest BCUT2D eigenvalue weighted by molar-refractivity contribution is 6.30. The first kappa shape index (κ1) is 22.5. The molecule has 2 heterocycles. The zero-order valence-corrected chi connectivity index (χ0v) is 19.7. The molecule has 0 aliphatic heterocycles. The Morgan fingerprint density at radius 1 is 0.971 bits per heavy atom. The van der Waals surface area contributed by atoms with Crippen LogP contribution in [0.2, 0.25) is 5.02 Å². The molecule has 1 N–H and O–H groups in total. The first-order chi connectivity index (χ1) is 17.0. The third-order valence-corrected chi connectivity index (χ3v) is 5.90. The van der Waals surface area contributed by atoms with Crippen molar-refractivity contribution in [2.75, 3.05) is 19.5 Å². The summed E-state index contributed by atoms with van der Waals surface area (Å²) in [6.45, 7) is -0.0718. The Balaban J connectivity index is 1.60. The minimum atomic E-state index is -0.306. The number of amides is 1. The molecule has 0 unspecified atom stereocenters. The maximum Gasteiger partial charge on any atom is 0.260 e. The van der Waals surface area contributed by atoms with E-state index in [4.69, 9.17) is 26.1 Å². The van der Waals surface area contributed by atoms with E-state index in [0.717, 1.165) is 0 Å². The smallest absolute Gasteiger partial charge is 0.260 e. The molecule has 0 bridgehead atoms. The van der Waals surface area contributed by atoms with Gasteiger partial charge in [-0.25, -0.2) is 9.38 Å². The summed E-state index contributed by atoms with van der Waals surface area (Å²) >= 11 is 6.15. The maximum atomic E-state index is 13.2. The summed E-state index contributed by atoms with van der Waals surface area (Å²) in [7, 11) is 3.08. The number of nitrogens with zero attached hydrogens (tertiary/aromatic N) is 3. The predicted molar refractivity (Wildman–Crippen MR) is 136 cm³/mol. The van der Waals surface area contributed by atoms with E-state index in [-0.39, 0.29) is 18.0 Å². The molecule has 0 aliphatic rings. The van der Waals surface area contributed by atoms with Gasteiger partial charge in [0, 0.05) is 22.7 Å². The number of benzene rings is 3. The van der Waals surface area contributed by atoms with Crippen molar-refractivity contribution in [1.29, 1.82) is 0 Å². The highest BCUT2D eigenvalue weighted by atomic mass is 35.5. The lowest BCUT2D eigenvalue weighted by Gasteiger charge is -2.12. The summed E-state index contributed by atoms with van der Waals surface area (Å²) in [6, 6.07) is 21.1. The fraction of sp³-hybridized carbons (Fsp3) is 0.115. The van der Waals surface area contributed by atoms with Crippen molar-refractivity contribution in [3.05, 3.63) is 88.2 Å². The number of nitrogens with one attached hydrogen (secondary N) is 1. The minimum Gasteiger partial charge on any atom is -0.497 e. The van der Waals surface area contributed by atoms with E-state index >= 15 is 0 Å². The van der Waals surface area contributed by atoms with Crippen LogP contribution in [0.3, 0.4) is 0 Å². The number of hydrogen-bond donors (Lipinski definition) is 1. The van der Waals surface area contributed by atoms with Crippen LogP contribution in [0.25, 0.3) is 28.1 Å². The summed E-state index contributed by atoms with van der Waals surface area (Å²) in [4.78, 5) is 31.0. The number of imidazole rings is 1. The summed E-state index contributed by atoms with van der Waals surface area (Å²) in [5.74, 6) is 1.13. The number of ether oxygens (including phenoxy) is 2. The van der Waals surface area contributed by atoms with Crippen LogP contribution in [0.5, 0.6) is 11.5 Å². The molecule has 8 nitrogen and oxygen atoms in total. The van der Waals surface area contributed by atoms with E-state index in [9.17, 15) is 9.59 Å². The SMILES string of the molecule is COc1ccc(NC(=O)Cn2c3ccccc3n3c(=O)cc(-c4cccc(Cl)c4)nc23)c(OC)c1. The summed E-state index contributed by atoms with van der Waals surface area (Å²) < 4.78 is 13.8. The lowest BCUT2D eigenvalue weighted by atomic mass is 10.1. The van der Waals surface area contributed by atoms with Crippen molar-refractivity contribution in [1.82, 2.24) is 14.0 Å². The highest BCUT2D eigenvalue weighted by Gasteiger charge is 2.18. The quantitative estimate of drug-likeness (QED) is 0.376. The second-order valence-corrected chi connectivity index (χ2v) is 8.25. The first-order valence-electron chi connectivity index (χ1n) is 10.8. The molecule has 0 fully saturated rings. The van der Waals surface area contributed by atoms with E-state index in [2.05, 4.69) is 5.32 Å². The van der Waals surface area contributed by atoms with Gasteiger partial charge in [-0.2, -0.15) is 0 Å². The fourth-order valence-corrected chi connectivity index (χ4v) is 4.24. The Morgan fingerprint density at radius 2 is 1.77 bits per heavy atom. The molecule has 0 aliphatic carbocycles. The Labute approximate surface area is 205 Å². The van der Waals surface area contributed by atoms with Crippen molar-refractivity contribution in [3.8, 4) is 22.8 Å². The van der Waals surface area contributed by atoms with Gasteiger partial charge in [0.15, 0.2) is 0 Å². The Bertz CT molecular complexity index is 1640. The predicted octanol–water partition coefficient (Wildman–Crippen LogP) is 4.63. The number of fused-ring (bicyclic) bond motifs is 3. The summed E-state index contributed by atoms with van der Waals surface area (Å²) in [6.07, 6.45) is 0. The molecule has 0 saturated heterocycles. The van der Waals surface area contributed by atoms with Gasteiger partial charge in [-0.1, -0.05) is 35.9 Å². The maximum absolute atomic E-state index is 13.2. The van der Waals surface area contributed by atoms with Crippen LogP contribution in [0.4, 0.5) is 5.69 Å². The Kier molecular flexibility index (Phi) is 5.88. The molecule has 5 aromatic rings. The van der Waals surface area contributed by atoms with E-state index in [1.807, 2.05) is 30.3 Å². The molecular weight excluding hydrogens is 468 g/mol. The second kappa shape index (κ2) is 9.15. The number of para-hydroxylation sites is 2. The molecule has 35 heavy (non-hydrogen) atoms. The molecule has 3 aromatic carbocycles. The largest absolute Gasteiger partial charge is 0.497 e. The average molecular weight is 489 g/mol. The number of aromatic nitrogens is 3. The number of rotatable bonds is 6. The molecular formula is C26H21ClN4O4. The molecule has 0 spiro atoms. The monoisotopic (exact) mass is 488 g/mol. The van der Waals surface area contributed by atoms with Gasteiger partial charge in [-0.3, -0.25) is 9.59 Å². The molecule has 0 radical (unpaired) electrons. The number of methoxy groups -OCH3 is 2. The Morgan fingerprint density at radius 3 is 2.51 bits per heavy atom. The molecule has 0 atom stereocenters. The number of carbonyl (C=O) groups excluding carboxylic acids is 1. The van der Waals surface area contributed by atoms with Gasteiger partial charge < -0.3 is 19.4 Å². The van der Waals surface area contributed by atoms with Gasteiger partial charge in [-0.15, -0.1) is 0 Å². The summed E-state index contributed by atoms with van der Waals surface area (Å²) in [5.41, 5.74) is 2.80. The van der Waals surface area contributed by atoms with Crippen LogP contribution in [0, 0.1) is 0 Å². The van der Waals surface area contributed by atoms with E-state index < -0.39 is 0 Å². The van der Waals surface area contributed by atoms with Gasteiger partial charge in [0.05, 0.1) is 36.6 Å². The third-order valence-electron chi connectivity index (χ3n) is 5.66. The van der Waals surface area contributed by atoms with Crippen LogP contribution >= 0.6 is 11.6 Å². The highest BCUT2D eigenvalue weighted by Crippen LogP contribution is 2.29. The van der Waals surface area contributed by atoms with E-state index in [1.165, 1.54) is 17.6 Å². The molecule has 9 heteroatoms. The van der Waals surface area contributed by atoms with Crippen LogP contribution in [-0.4, -0.2) is 34.1 Å². The van der Waals surface area contributed by atoms with Crippen LogP contribution in [0.1, 0.15) is 0 Å². The summed E-state index contributed by atoms with van der Waals surface area (Å²) in [5, 5.41) is 3.42. The fourth-order valence-electron chi connectivity index (χ4n) is 4.05. The lowest BCUT2D eigenvalue weighted by molar-refractivity contribution is -0.116. The van der Waals surface area contributed by atoms with Gasteiger partial charge in [0.25, 0.3) is 5.56 Å². The number of halogens is 1. The topological polar surface area (TPSA) is 86.9 Å². The van der Waals surface area contributed by atoms with Crippen LogP contribution < -0.4 is 20.3 Å². The standard InChI is InChI=1S/C26H21ClN4O4/c1-34-18-10-11-19(23(13-18)35-2)28-24(32)15-30-21-8-3-4-9-22(21)31-25(33)14-20(29-26(30)31)16-6-5-7-17(27)12-16/h3-14H,15H2,1-2H3,(H,28,32). The third kappa shape index (κ3) is 4.20. The van der Waals surface area contributed by atoms with Gasteiger partial charge >= 0.3 is 0 Å². The second-order valence-electron chi connectivity index (χ2n) is 7.81. The van der Waals surface area contributed by atoms with Crippen molar-refractivity contribution < 1.29 is 14.3 Å².